The monoisotopic (exact) mass is 187 g/mol. The van der Waals surface area contributed by atoms with Gasteiger partial charge in [-0.3, -0.25) is 15.1 Å². The number of urea groups is 1. The molecule has 3 amide bonds. The topological polar surface area (TPSA) is 70.6 Å². The number of carbonyl (C=O) groups is 2. The van der Waals surface area contributed by atoms with E-state index in [1.165, 1.54) is 6.21 Å². The van der Waals surface area contributed by atoms with E-state index in [1.54, 1.807) is 6.08 Å². The SMILES string of the molecule is Cl.O=C1NC(=O)C2N=CC=C2N1. The number of imide groups is 1. The summed E-state index contributed by atoms with van der Waals surface area (Å²) in [5.74, 6) is -0.367. The molecule has 6 heteroatoms. The second kappa shape index (κ2) is 2.94. The summed E-state index contributed by atoms with van der Waals surface area (Å²) < 4.78 is 0. The van der Waals surface area contributed by atoms with E-state index >= 15 is 0 Å². The first-order valence-electron chi connectivity index (χ1n) is 3.12. The largest absolute Gasteiger partial charge is 0.325 e. The van der Waals surface area contributed by atoms with Crippen molar-refractivity contribution in [2.45, 2.75) is 6.04 Å². The first-order valence-corrected chi connectivity index (χ1v) is 3.12. The molecule has 0 aromatic heterocycles. The fraction of sp³-hybridized carbons (Fsp3) is 0.167. The van der Waals surface area contributed by atoms with E-state index in [9.17, 15) is 9.59 Å². The number of allylic oxidation sites excluding steroid dienone is 1. The Morgan fingerprint density at radius 2 is 2.08 bits per heavy atom. The molecule has 2 heterocycles. The van der Waals surface area contributed by atoms with Gasteiger partial charge in [0.15, 0.2) is 6.04 Å². The van der Waals surface area contributed by atoms with Gasteiger partial charge in [0, 0.05) is 6.21 Å². The van der Waals surface area contributed by atoms with E-state index in [4.69, 9.17) is 0 Å². The van der Waals surface area contributed by atoms with Crippen molar-refractivity contribution >= 4 is 30.6 Å². The van der Waals surface area contributed by atoms with E-state index in [0.717, 1.165) is 0 Å². The molecule has 0 bridgehead atoms. The van der Waals surface area contributed by atoms with Gasteiger partial charge in [-0.2, -0.15) is 0 Å². The summed E-state index contributed by atoms with van der Waals surface area (Å²) in [5, 5.41) is 4.58. The number of aliphatic imine (C=N–C) groups is 1. The maximum absolute atomic E-state index is 11.0. The zero-order chi connectivity index (χ0) is 7.84. The molecule has 0 radical (unpaired) electrons. The standard InChI is InChI=1S/C6H5N3O2.ClH/c10-5-4-3(1-2-7-4)8-6(11)9-5;/h1-2,4H,(H2,8,9,10,11);1H. The molecule has 0 aromatic carbocycles. The minimum Gasteiger partial charge on any atom is -0.309 e. The minimum atomic E-state index is -0.535. The number of amides is 3. The molecule has 1 saturated heterocycles. The van der Waals surface area contributed by atoms with E-state index in [-0.39, 0.29) is 18.3 Å². The van der Waals surface area contributed by atoms with Gasteiger partial charge in [0.05, 0.1) is 5.70 Å². The number of hydrogen-bond acceptors (Lipinski definition) is 3. The van der Waals surface area contributed by atoms with Gasteiger partial charge in [-0.15, -0.1) is 12.4 Å². The van der Waals surface area contributed by atoms with Crippen LogP contribution in [0.2, 0.25) is 0 Å². The average Bonchev–Trinajstić information content (AvgIpc) is 2.34. The molecular formula is C6H6ClN3O2. The second-order valence-corrected chi connectivity index (χ2v) is 2.27. The minimum absolute atomic E-state index is 0. The number of nitrogens with zero attached hydrogens (tertiary/aromatic N) is 1. The summed E-state index contributed by atoms with van der Waals surface area (Å²) in [6.07, 6.45) is 3.12. The highest BCUT2D eigenvalue weighted by Gasteiger charge is 2.31. The van der Waals surface area contributed by atoms with Crippen molar-refractivity contribution in [1.29, 1.82) is 0 Å². The smallest absolute Gasteiger partial charge is 0.309 e. The highest BCUT2D eigenvalue weighted by molar-refractivity contribution is 6.05. The lowest BCUT2D eigenvalue weighted by molar-refractivity contribution is -0.120. The molecule has 2 aliphatic rings. The molecule has 0 spiro atoms. The zero-order valence-corrected chi connectivity index (χ0v) is 6.72. The number of carbonyl (C=O) groups excluding carboxylic acids is 2. The van der Waals surface area contributed by atoms with Crippen LogP contribution in [0.5, 0.6) is 0 Å². The van der Waals surface area contributed by atoms with Crippen LogP contribution in [0.4, 0.5) is 4.79 Å². The highest BCUT2D eigenvalue weighted by atomic mass is 35.5. The summed E-state index contributed by atoms with van der Waals surface area (Å²) in [6.45, 7) is 0. The van der Waals surface area contributed by atoms with Crippen LogP contribution in [-0.2, 0) is 4.79 Å². The quantitative estimate of drug-likeness (QED) is 0.541. The molecule has 1 unspecified atom stereocenters. The predicted octanol–water partition coefficient (Wildman–Crippen LogP) is -0.415. The van der Waals surface area contributed by atoms with E-state index in [1.807, 2.05) is 0 Å². The van der Waals surface area contributed by atoms with Gasteiger partial charge >= 0.3 is 6.03 Å². The van der Waals surface area contributed by atoms with Gasteiger partial charge in [-0.1, -0.05) is 0 Å². The van der Waals surface area contributed by atoms with Gasteiger partial charge in [0.25, 0.3) is 5.91 Å². The van der Waals surface area contributed by atoms with Gasteiger partial charge in [-0.25, -0.2) is 4.79 Å². The van der Waals surface area contributed by atoms with Gasteiger partial charge in [0.2, 0.25) is 0 Å². The van der Waals surface area contributed by atoms with Crippen LogP contribution in [0.25, 0.3) is 0 Å². The van der Waals surface area contributed by atoms with Crippen molar-refractivity contribution < 1.29 is 9.59 Å². The third-order valence-corrected chi connectivity index (χ3v) is 1.53. The summed E-state index contributed by atoms with van der Waals surface area (Å²) in [5.41, 5.74) is 0.554. The molecule has 0 aliphatic carbocycles. The van der Waals surface area contributed by atoms with Crippen LogP contribution in [-0.4, -0.2) is 24.2 Å². The summed E-state index contributed by atoms with van der Waals surface area (Å²) in [4.78, 5) is 25.5. The van der Waals surface area contributed by atoms with Crippen molar-refractivity contribution in [2.75, 3.05) is 0 Å². The lowest BCUT2D eigenvalue weighted by Crippen LogP contribution is -2.51. The average molecular weight is 188 g/mol. The van der Waals surface area contributed by atoms with Crippen molar-refractivity contribution in [2.24, 2.45) is 4.99 Å². The molecule has 2 aliphatic heterocycles. The molecule has 1 fully saturated rings. The Bertz CT molecular complexity index is 297. The zero-order valence-electron chi connectivity index (χ0n) is 5.90. The third-order valence-electron chi connectivity index (χ3n) is 1.53. The molecule has 5 nitrogen and oxygen atoms in total. The maximum atomic E-state index is 11.0. The van der Waals surface area contributed by atoms with Gasteiger partial charge < -0.3 is 5.32 Å². The summed E-state index contributed by atoms with van der Waals surface area (Å²) in [7, 11) is 0. The van der Waals surface area contributed by atoms with Crippen molar-refractivity contribution in [1.82, 2.24) is 10.6 Å². The number of halogens is 1. The Kier molecular flexibility index (Phi) is 2.14. The third kappa shape index (κ3) is 1.18. The van der Waals surface area contributed by atoms with Crippen LogP contribution in [0.15, 0.2) is 16.8 Å². The Balaban J connectivity index is 0.000000720. The lowest BCUT2D eigenvalue weighted by atomic mass is 10.2. The van der Waals surface area contributed by atoms with Gasteiger partial charge in [0.1, 0.15) is 0 Å². The molecular weight excluding hydrogens is 182 g/mol. The maximum Gasteiger partial charge on any atom is 0.325 e. The fourth-order valence-corrected chi connectivity index (χ4v) is 1.04. The van der Waals surface area contributed by atoms with Crippen LogP contribution in [0, 0.1) is 0 Å². The molecule has 64 valence electrons. The first kappa shape index (κ1) is 8.73. The predicted molar refractivity (Wildman–Crippen MR) is 44.3 cm³/mol. The van der Waals surface area contributed by atoms with Crippen LogP contribution >= 0.6 is 12.4 Å². The summed E-state index contributed by atoms with van der Waals surface area (Å²) in [6, 6.07) is -1.02. The molecule has 2 rings (SSSR count). The van der Waals surface area contributed by atoms with Crippen LogP contribution in [0.3, 0.4) is 0 Å². The summed E-state index contributed by atoms with van der Waals surface area (Å²) >= 11 is 0. The Labute approximate surface area is 74.3 Å². The van der Waals surface area contributed by atoms with E-state index in [0.29, 0.717) is 5.70 Å². The molecule has 0 aromatic rings. The Hall–Kier alpha value is -1.36. The fourth-order valence-electron chi connectivity index (χ4n) is 1.04. The Morgan fingerprint density at radius 1 is 1.33 bits per heavy atom. The number of hydrogen-bond donors (Lipinski definition) is 2. The van der Waals surface area contributed by atoms with Crippen LogP contribution in [0.1, 0.15) is 0 Å². The second-order valence-electron chi connectivity index (χ2n) is 2.27. The first-order chi connectivity index (χ1) is 5.27. The van der Waals surface area contributed by atoms with E-state index < -0.39 is 12.1 Å². The molecule has 2 N–H and O–H groups in total. The van der Waals surface area contributed by atoms with Crippen molar-refractivity contribution in [3.05, 3.63) is 11.8 Å². The molecule has 12 heavy (non-hydrogen) atoms. The van der Waals surface area contributed by atoms with Gasteiger partial charge in [-0.05, 0) is 6.08 Å². The Morgan fingerprint density at radius 3 is 2.83 bits per heavy atom. The number of fused-ring (bicyclic) bond motifs is 1. The molecule has 1 atom stereocenters. The lowest BCUT2D eigenvalue weighted by Gasteiger charge is -2.18. The van der Waals surface area contributed by atoms with Crippen molar-refractivity contribution in [3.8, 4) is 0 Å². The van der Waals surface area contributed by atoms with Crippen molar-refractivity contribution in [3.63, 3.8) is 0 Å². The number of nitrogens with one attached hydrogen (secondary N) is 2. The molecule has 0 saturated carbocycles. The van der Waals surface area contributed by atoms with Crippen LogP contribution < -0.4 is 10.6 Å². The van der Waals surface area contributed by atoms with E-state index in [2.05, 4.69) is 15.6 Å². The highest BCUT2D eigenvalue weighted by Crippen LogP contribution is 2.11. The number of rotatable bonds is 0. The normalized spacial score (nSPS) is 25.0.